The lowest BCUT2D eigenvalue weighted by atomic mass is 10.2. The van der Waals surface area contributed by atoms with Crippen molar-refractivity contribution >= 4 is 11.9 Å². The fourth-order valence-corrected chi connectivity index (χ4v) is 2.21. The zero-order chi connectivity index (χ0) is 20.5. The fourth-order valence-electron chi connectivity index (χ4n) is 2.21. The molecule has 0 saturated heterocycles. The predicted octanol–water partition coefficient (Wildman–Crippen LogP) is 2.78. The van der Waals surface area contributed by atoms with Crippen LogP contribution in [-0.4, -0.2) is 39.3 Å². The summed E-state index contributed by atoms with van der Waals surface area (Å²) >= 11 is 0. The Labute approximate surface area is 160 Å². The van der Waals surface area contributed by atoms with Gasteiger partial charge in [-0.2, -0.15) is 8.78 Å². The molecule has 0 unspecified atom stereocenters. The highest BCUT2D eigenvalue weighted by Gasteiger charge is 2.13. The molecule has 0 saturated carbocycles. The Balaban J connectivity index is 1.83. The van der Waals surface area contributed by atoms with E-state index in [1.54, 1.807) is 12.1 Å². The van der Waals surface area contributed by atoms with Gasteiger partial charge in [0.1, 0.15) is 5.75 Å². The molecular formula is C19H19F2NO6. The molecule has 7 nitrogen and oxygen atoms in total. The van der Waals surface area contributed by atoms with E-state index in [0.29, 0.717) is 11.3 Å². The van der Waals surface area contributed by atoms with Gasteiger partial charge in [-0.3, -0.25) is 4.79 Å². The van der Waals surface area contributed by atoms with Crippen molar-refractivity contribution in [1.82, 2.24) is 5.32 Å². The largest absolute Gasteiger partial charge is 0.497 e. The molecule has 0 fully saturated rings. The average Bonchev–Trinajstić information content (AvgIpc) is 2.70. The molecule has 0 heterocycles. The molecule has 9 heteroatoms. The number of alkyl halides is 2. The quantitative estimate of drug-likeness (QED) is 0.658. The van der Waals surface area contributed by atoms with Crippen LogP contribution in [0.15, 0.2) is 42.5 Å². The lowest BCUT2D eigenvalue weighted by molar-refractivity contribution is -0.124. The van der Waals surface area contributed by atoms with Crippen molar-refractivity contribution in [2.75, 3.05) is 20.8 Å². The molecule has 1 N–H and O–H groups in total. The van der Waals surface area contributed by atoms with E-state index in [1.807, 2.05) is 0 Å². The van der Waals surface area contributed by atoms with E-state index in [4.69, 9.17) is 14.2 Å². The minimum absolute atomic E-state index is 0.0875. The lowest BCUT2D eigenvalue weighted by Crippen LogP contribution is -2.28. The highest BCUT2D eigenvalue weighted by molar-refractivity contribution is 5.91. The number of carbonyl (C=O) groups excluding carboxylic acids is 2. The third kappa shape index (κ3) is 6.11. The number of nitrogens with one attached hydrogen (secondary N) is 1. The van der Waals surface area contributed by atoms with Crippen LogP contribution in [0.25, 0.3) is 0 Å². The molecule has 0 radical (unpaired) electrons. The van der Waals surface area contributed by atoms with Crippen LogP contribution in [0.3, 0.4) is 0 Å². The average molecular weight is 395 g/mol. The second kappa shape index (κ2) is 10.1. The van der Waals surface area contributed by atoms with Gasteiger partial charge in [0.05, 0.1) is 19.8 Å². The van der Waals surface area contributed by atoms with Gasteiger partial charge in [0.25, 0.3) is 5.91 Å². The Hall–Kier alpha value is -3.36. The van der Waals surface area contributed by atoms with Gasteiger partial charge in [-0.25, -0.2) is 4.79 Å². The fraction of sp³-hybridized carbons (Fsp3) is 0.263. The number of halogens is 2. The van der Waals surface area contributed by atoms with E-state index in [-0.39, 0.29) is 23.6 Å². The Bertz CT molecular complexity index is 811. The van der Waals surface area contributed by atoms with Crippen LogP contribution in [0, 0.1) is 0 Å². The monoisotopic (exact) mass is 395 g/mol. The number of esters is 1. The zero-order valence-corrected chi connectivity index (χ0v) is 15.2. The molecule has 0 spiro atoms. The number of benzene rings is 2. The van der Waals surface area contributed by atoms with Gasteiger partial charge in [-0.05, 0) is 42.0 Å². The van der Waals surface area contributed by atoms with Crippen LogP contribution in [-0.2, 0) is 16.1 Å². The summed E-state index contributed by atoms with van der Waals surface area (Å²) in [6.45, 7) is -3.35. The number of amides is 1. The highest BCUT2D eigenvalue weighted by atomic mass is 19.3. The Kier molecular flexibility index (Phi) is 7.55. The molecule has 0 aliphatic carbocycles. The van der Waals surface area contributed by atoms with E-state index in [1.165, 1.54) is 44.6 Å². The van der Waals surface area contributed by atoms with Crippen molar-refractivity contribution in [3.63, 3.8) is 0 Å². The van der Waals surface area contributed by atoms with E-state index in [2.05, 4.69) is 10.1 Å². The van der Waals surface area contributed by atoms with Gasteiger partial charge >= 0.3 is 12.6 Å². The van der Waals surface area contributed by atoms with Crippen LogP contribution in [0.1, 0.15) is 15.9 Å². The van der Waals surface area contributed by atoms with Crippen molar-refractivity contribution in [3.05, 3.63) is 53.6 Å². The summed E-state index contributed by atoms with van der Waals surface area (Å²) in [6.07, 6.45) is 0. The molecule has 1 amide bonds. The second-order valence-electron chi connectivity index (χ2n) is 5.45. The van der Waals surface area contributed by atoms with Gasteiger partial charge < -0.3 is 24.3 Å². The van der Waals surface area contributed by atoms with Crippen LogP contribution >= 0.6 is 0 Å². The molecule has 0 aliphatic rings. The first-order valence-electron chi connectivity index (χ1n) is 8.12. The summed E-state index contributed by atoms with van der Waals surface area (Å²) in [5.74, 6) is -0.574. The van der Waals surface area contributed by atoms with Crippen LogP contribution in [0.5, 0.6) is 17.2 Å². The second-order valence-corrected chi connectivity index (χ2v) is 5.45. The first-order valence-corrected chi connectivity index (χ1v) is 8.12. The number of ether oxygens (including phenoxy) is 4. The Morgan fingerprint density at radius 2 is 1.71 bits per heavy atom. The summed E-state index contributed by atoms with van der Waals surface area (Å²) in [5.41, 5.74) is 0.876. The number of methoxy groups -OCH3 is 2. The molecule has 2 aromatic carbocycles. The first kappa shape index (κ1) is 20.9. The predicted molar refractivity (Wildman–Crippen MR) is 94.7 cm³/mol. The maximum absolute atomic E-state index is 12.3. The highest BCUT2D eigenvalue weighted by Crippen LogP contribution is 2.29. The molecule has 0 atom stereocenters. The summed E-state index contributed by atoms with van der Waals surface area (Å²) in [7, 11) is 2.82. The Morgan fingerprint density at radius 1 is 1.00 bits per heavy atom. The molecule has 0 aromatic heterocycles. The van der Waals surface area contributed by atoms with Crippen molar-refractivity contribution in [2.45, 2.75) is 13.2 Å². The van der Waals surface area contributed by atoms with Crippen LogP contribution in [0.2, 0.25) is 0 Å². The van der Waals surface area contributed by atoms with Crippen molar-refractivity contribution in [2.24, 2.45) is 0 Å². The normalized spacial score (nSPS) is 10.3. The van der Waals surface area contributed by atoms with E-state index in [9.17, 15) is 18.4 Å². The van der Waals surface area contributed by atoms with E-state index < -0.39 is 25.1 Å². The van der Waals surface area contributed by atoms with E-state index in [0.717, 1.165) is 0 Å². The smallest absolute Gasteiger partial charge is 0.387 e. The molecule has 2 aromatic rings. The standard InChI is InChI=1S/C19H19F2NO6/c1-25-14-6-4-13(5-7-14)18(24)27-11-17(23)22-10-12-3-8-15(28-19(20)21)16(9-12)26-2/h3-9,19H,10-11H2,1-2H3,(H,22,23). The Morgan fingerprint density at radius 3 is 2.32 bits per heavy atom. The third-order valence-electron chi connectivity index (χ3n) is 3.59. The maximum Gasteiger partial charge on any atom is 0.387 e. The van der Waals surface area contributed by atoms with Crippen molar-refractivity contribution < 1.29 is 37.3 Å². The van der Waals surface area contributed by atoms with Gasteiger partial charge in [-0.15, -0.1) is 0 Å². The van der Waals surface area contributed by atoms with Gasteiger partial charge in [-0.1, -0.05) is 6.07 Å². The van der Waals surface area contributed by atoms with E-state index >= 15 is 0 Å². The molecule has 0 bridgehead atoms. The van der Waals surface area contributed by atoms with Gasteiger partial charge in [0.15, 0.2) is 18.1 Å². The van der Waals surface area contributed by atoms with Crippen molar-refractivity contribution in [3.8, 4) is 17.2 Å². The van der Waals surface area contributed by atoms with Gasteiger partial charge in [0.2, 0.25) is 0 Å². The summed E-state index contributed by atoms with van der Waals surface area (Å²) < 4.78 is 43.9. The van der Waals surface area contributed by atoms with Crippen LogP contribution in [0.4, 0.5) is 8.78 Å². The summed E-state index contributed by atoms with van der Waals surface area (Å²) in [6, 6.07) is 10.5. The topological polar surface area (TPSA) is 83.1 Å². The minimum atomic E-state index is -2.97. The summed E-state index contributed by atoms with van der Waals surface area (Å²) in [4.78, 5) is 23.8. The van der Waals surface area contributed by atoms with Crippen molar-refractivity contribution in [1.29, 1.82) is 0 Å². The minimum Gasteiger partial charge on any atom is -0.497 e. The first-order chi connectivity index (χ1) is 13.4. The van der Waals surface area contributed by atoms with Crippen LogP contribution < -0.4 is 19.5 Å². The molecule has 2 rings (SSSR count). The number of hydrogen-bond acceptors (Lipinski definition) is 6. The zero-order valence-electron chi connectivity index (χ0n) is 15.2. The molecule has 28 heavy (non-hydrogen) atoms. The lowest BCUT2D eigenvalue weighted by Gasteiger charge is -2.12. The SMILES string of the molecule is COc1ccc(C(=O)OCC(=O)NCc2ccc(OC(F)F)c(OC)c2)cc1. The van der Waals surface area contributed by atoms with Gasteiger partial charge in [0, 0.05) is 6.54 Å². The molecular weight excluding hydrogens is 376 g/mol. The molecule has 150 valence electrons. The maximum atomic E-state index is 12.3. The number of carbonyl (C=O) groups is 2. The summed E-state index contributed by atoms with van der Waals surface area (Å²) in [5, 5.41) is 2.55. The third-order valence-corrected chi connectivity index (χ3v) is 3.59. The molecule has 0 aliphatic heterocycles. The number of rotatable bonds is 9. The number of hydrogen-bond donors (Lipinski definition) is 1.